The number of hydrogen-bond acceptors (Lipinski definition) is 4. The van der Waals surface area contributed by atoms with Crippen molar-refractivity contribution in [2.24, 2.45) is 4.99 Å². The van der Waals surface area contributed by atoms with E-state index in [0.29, 0.717) is 22.2 Å². The van der Waals surface area contributed by atoms with Gasteiger partial charge < -0.3 is 9.47 Å². The maximum absolute atomic E-state index is 12.1. The molecule has 0 saturated carbocycles. The fraction of sp³-hybridized carbons (Fsp3) is 0.0435. The lowest BCUT2D eigenvalue weighted by Crippen LogP contribution is -2.05. The standard InChI is InChI=1S/C23H15Cl2NO3/c24-18-8-4-16(5-9-18)14-28-20-10-6-15(7-11-20)12-21-23(27)29-22(26-21)17-2-1-3-19(25)13-17/h1-13H,14H2/b21-12+. The van der Waals surface area contributed by atoms with Gasteiger partial charge in [0.1, 0.15) is 12.4 Å². The highest BCUT2D eigenvalue weighted by Crippen LogP contribution is 2.22. The third-order valence-corrected chi connectivity index (χ3v) is 4.68. The molecule has 0 saturated heterocycles. The van der Waals surface area contributed by atoms with Crippen LogP contribution in [0.4, 0.5) is 0 Å². The molecule has 0 spiro atoms. The first-order chi connectivity index (χ1) is 14.1. The summed E-state index contributed by atoms with van der Waals surface area (Å²) in [7, 11) is 0. The van der Waals surface area contributed by atoms with Gasteiger partial charge in [0, 0.05) is 15.6 Å². The van der Waals surface area contributed by atoms with Crippen LogP contribution in [0.25, 0.3) is 6.08 Å². The highest BCUT2D eigenvalue weighted by atomic mass is 35.5. The minimum absolute atomic E-state index is 0.231. The minimum atomic E-state index is -0.497. The second-order valence-corrected chi connectivity index (χ2v) is 7.20. The SMILES string of the molecule is O=C1OC(c2cccc(Cl)c2)=N/C1=C/c1ccc(OCc2ccc(Cl)cc2)cc1. The quantitative estimate of drug-likeness (QED) is 0.378. The van der Waals surface area contributed by atoms with Gasteiger partial charge in [-0.25, -0.2) is 9.79 Å². The van der Waals surface area contributed by atoms with Crippen LogP contribution in [0.3, 0.4) is 0 Å². The maximum atomic E-state index is 12.1. The van der Waals surface area contributed by atoms with Crippen molar-refractivity contribution in [3.63, 3.8) is 0 Å². The van der Waals surface area contributed by atoms with Crippen molar-refractivity contribution in [1.29, 1.82) is 0 Å². The number of aliphatic imine (C=N–C) groups is 1. The van der Waals surface area contributed by atoms with Crippen LogP contribution in [0.5, 0.6) is 5.75 Å². The molecule has 0 fully saturated rings. The molecule has 0 aromatic heterocycles. The van der Waals surface area contributed by atoms with E-state index in [1.165, 1.54) is 0 Å². The molecule has 1 heterocycles. The van der Waals surface area contributed by atoms with Crippen molar-refractivity contribution >= 4 is 41.1 Å². The monoisotopic (exact) mass is 423 g/mol. The highest BCUT2D eigenvalue weighted by Gasteiger charge is 2.24. The molecule has 0 N–H and O–H groups in total. The number of cyclic esters (lactones) is 1. The Labute approximate surface area is 178 Å². The molecule has 0 bridgehead atoms. The second-order valence-electron chi connectivity index (χ2n) is 6.33. The summed E-state index contributed by atoms with van der Waals surface area (Å²) in [6, 6.07) is 21.9. The summed E-state index contributed by atoms with van der Waals surface area (Å²) >= 11 is 11.9. The van der Waals surface area contributed by atoms with E-state index in [1.807, 2.05) is 48.5 Å². The first-order valence-corrected chi connectivity index (χ1v) is 9.58. The molecule has 144 valence electrons. The predicted molar refractivity (Wildman–Crippen MR) is 114 cm³/mol. The third kappa shape index (κ3) is 4.86. The number of hydrogen-bond donors (Lipinski definition) is 0. The summed E-state index contributed by atoms with van der Waals surface area (Å²) in [5.41, 5.74) is 2.72. The average Bonchev–Trinajstić information content (AvgIpc) is 3.09. The van der Waals surface area contributed by atoms with Gasteiger partial charge in [-0.1, -0.05) is 53.5 Å². The lowest BCUT2D eigenvalue weighted by molar-refractivity contribution is -0.129. The van der Waals surface area contributed by atoms with E-state index < -0.39 is 5.97 Å². The van der Waals surface area contributed by atoms with Crippen molar-refractivity contribution in [2.75, 3.05) is 0 Å². The number of carbonyl (C=O) groups is 1. The van der Waals surface area contributed by atoms with E-state index in [0.717, 1.165) is 16.9 Å². The van der Waals surface area contributed by atoms with E-state index in [4.69, 9.17) is 32.7 Å². The molecule has 1 aliphatic rings. The van der Waals surface area contributed by atoms with Crippen LogP contribution in [0.15, 0.2) is 83.5 Å². The molecule has 0 radical (unpaired) electrons. The summed E-state index contributed by atoms with van der Waals surface area (Å²) in [5, 5.41) is 1.24. The number of halogens is 2. The summed E-state index contributed by atoms with van der Waals surface area (Å²) in [6.45, 7) is 0.442. The number of ether oxygens (including phenoxy) is 2. The Balaban J connectivity index is 1.45. The first-order valence-electron chi connectivity index (χ1n) is 8.83. The molecule has 4 rings (SSSR count). The Morgan fingerprint density at radius 2 is 1.69 bits per heavy atom. The van der Waals surface area contributed by atoms with Gasteiger partial charge >= 0.3 is 5.97 Å². The second kappa shape index (κ2) is 8.52. The molecule has 4 nitrogen and oxygen atoms in total. The molecule has 0 amide bonds. The fourth-order valence-electron chi connectivity index (χ4n) is 2.72. The van der Waals surface area contributed by atoms with Crippen LogP contribution in [0.1, 0.15) is 16.7 Å². The minimum Gasteiger partial charge on any atom is -0.489 e. The number of rotatable bonds is 5. The molecular formula is C23H15Cl2NO3. The zero-order chi connectivity index (χ0) is 20.2. The Morgan fingerprint density at radius 1 is 0.931 bits per heavy atom. The smallest absolute Gasteiger partial charge is 0.363 e. The van der Waals surface area contributed by atoms with Gasteiger partial charge in [-0.2, -0.15) is 0 Å². The molecule has 0 aliphatic carbocycles. The van der Waals surface area contributed by atoms with Gasteiger partial charge in [-0.05, 0) is 59.7 Å². The molecular weight excluding hydrogens is 409 g/mol. The van der Waals surface area contributed by atoms with Crippen molar-refractivity contribution in [1.82, 2.24) is 0 Å². The van der Waals surface area contributed by atoms with Crippen molar-refractivity contribution < 1.29 is 14.3 Å². The summed E-state index contributed by atoms with van der Waals surface area (Å²) < 4.78 is 11.0. The molecule has 3 aromatic carbocycles. The van der Waals surface area contributed by atoms with Gasteiger partial charge in [0.15, 0.2) is 5.70 Å². The third-order valence-electron chi connectivity index (χ3n) is 4.19. The lowest BCUT2D eigenvalue weighted by atomic mass is 10.2. The topological polar surface area (TPSA) is 47.9 Å². The van der Waals surface area contributed by atoms with Gasteiger partial charge in [-0.15, -0.1) is 0 Å². The normalized spacial score (nSPS) is 14.6. The van der Waals surface area contributed by atoms with E-state index >= 15 is 0 Å². The molecule has 6 heteroatoms. The van der Waals surface area contributed by atoms with E-state index in [9.17, 15) is 4.79 Å². The van der Waals surface area contributed by atoms with E-state index in [2.05, 4.69) is 4.99 Å². The van der Waals surface area contributed by atoms with E-state index in [-0.39, 0.29) is 11.6 Å². The molecule has 0 unspecified atom stereocenters. The molecule has 0 atom stereocenters. The van der Waals surface area contributed by atoms with Crippen molar-refractivity contribution in [3.05, 3.63) is 105 Å². The van der Waals surface area contributed by atoms with Crippen LogP contribution >= 0.6 is 23.2 Å². The number of benzene rings is 3. The Bertz CT molecular complexity index is 1100. The van der Waals surface area contributed by atoms with Crippen LogP contribution in [-0.4, -0.2) is 11.9 Å². The van der Waals surface area contributed by atoms with Crippen molar-refractivity contribution in [2.45, 2.75) is 6.61 Å². The highest BCUT2D eigenvalue weighted by molar-refractivity contribution is 6.31. The van der Waals surface area contributed by atoms with Crippen LogP contribution in [0.2, 0.25) is 10.0 Å². The average molecular weight is 424 g/mol. The maximum Gasteiger partial charge on any atom is 0.363 e. The summed E-state index contributed by atoms with van der Waals surface area (Å²) in [6.07, 6.45) is 1.67. The zero-order valence-corrected chi connectivity index (χ0v) is 16.7. The lowest BCUT2D eigenvalue weighted by Gasteiger charge is -2.06. The predicted octanol–water partition coefficient (Wildman–Crippen LogP) is 5.92. The Hall–Kier alpha value is -3.08. The van der Waals surface area contributed by atoms with Gasteiger partial charge in [0.05, 0.1) is 0 Å². The first kappa shape index (κ1) is 19.2. The fourth-order valence-corrected chi connectivity index (χ4v) is 3.04. The van der Waals surface area contributed by atoms with Crippen LogP contribution < -0.4 is 4.74 Å². The van der Waals surface area contributed by atoms with Crippen molar-refractivity contribution in [3.8, 4) is 5.75 Å². The zero-order valence-electron chi connectivity index (χ0n) is 15.1. The number of esters is 1. The number of nitrogens with zero attached hydrogens (tertiary/aromatic N) is 1. The van der Waals surface area contributed by atoms with Crippen LogP contribution in [-0.2, 0) is 16.1 Å². The summed E-state index contributed by atoms with van der Waals surface area (Å²) in [4.78, 5) is 16.4. The van der Waals surface area contributed by atoms with Gasteiger partial charge in [0.2, 0.25) is 5.90 Å². The summed E-state index contributed by atoms with van der Waals surface area (Å²) in [5.74, 6) is 0.467. The Morgan fingerprint density at radius 3 is 2.41 bits per heavy atom. The van der Waals surface area contributed by atoms with Crippen LogP contribution in [0, 0.1) is 0 Å². The molecule has 3 aromatic rings. The Kier molecular flexibility index (Phi) is 5.65. The largest absolute Gasteiger partial charge is 0.489 e. The van der Waals surface area contributed by atoms with Gasteiger partial charge in [0.25, 0.3) is 0 Å². The molecule has 29 heavy (non-hydrogen) atoms. The molecule has 1 aliphatic heterocycles. The van der Waals surface area contributed by atoms with Gasteiger partial charge in [-0.3, -0.25) is 0 Å². The van der Waals surface area contributed by atoms with E-state index in [1.54, 1.807) is 30.3 Å². The number of carbonyl (C=O) groups excluding carboxylic acids is 1.